The van der Waals surface area contributed by atoms with Crippen LogP contribution in [0.25, 0.3) is 11.1 Å². The third-order valence-corrected chi connectivity index (χ3v) is 4.92. The van der Waals surface area contributed by atoms with Gasteiger partial charge in [0.1, 0.15) is 11.6 Å². The third-order valence-electron chi connectivity index (χ3n) is 4.92. The molecule has 5 N–H and O–H groups in total. The van der Waals surface area contributed by atoms with Crippen LogP contribution in [0.4, 0.5) is 14.5 Å². The summed E-state index contributed by atoms with van der Waals surface area (Å²) in [6.07, 6.45) is 2.71. The number of carbonyl (C=O) groups is 1. The molecule has 1 amide bonds. The van der Waals surface area contributed by atoms with Crippen molar-refractivity contribution in [1.29, 1.82) is 0 Å². The Hall–Kier alpha value is -2.77. The van der Waals surface area contributed by atoms with Crippen molar-refractivity contribution in [3.05, 3.63) is 64.7 Å². The molecule has 1 atom stereocenters. The maximum atomic E-state index is 14.8. The fourth-order valence-corrected chi connectivity index (χ4v) is 3.37. The Morgan fingerprint density at radius 1 is 1.06 bits per heavy atom. The summed E-state index contributed by atoms with van der Waals surface area (Å²) in [5.74, 6) is -1.51. The summed E-state index contributed by atoms with van der Waals surface area (Å²) >= 11 is 0. The van der Waals surface area contributed by atoms with Gasteiger partial charge in [-0.25, -0.2) is 8.78 Å². The van der Waals surface area contributed by atoms with Crippen LogP contribution in [0.3, 0.4) is 0 Å². The van der Waals surface area contributed by atoms with E-state index >= 15 is 0 Å². The fourth-order valence-electron chi connectivity index (χ4n) is 3.37. The minimum Gasteiger partial charge on any atom is -0.398 e. The largest absolute Gasteiger partial charge is 0.398 e. The average Bonchev–Trinajstić information content (AvgIpc) is 2.82. The van der Waals surface area contributed by atoms with Gasteiger partial charge in [-0.05, 0) is 42.8 Å². The molecule has 0 bridgehead atoms. The van der Waals surface area contributed by atoms with Gasteiger partial charge >= 0.3 is 0 Å². The van der Waals surface area contributed by atoms with Crippen molar-refractivity contribution in [3.8, 4) is 11.1 Å². The molecule has 0 aliphatic carbocycles. The molecule has 3 rings (SSSR count). The van der Waals surface area contributed by atoms with Crippen molar-refractivity contribution in [3.63, 3.8) is 0 Å². The zero-order valence-corrected chi connectivity index (χ0v) is 19.9. The van der Waals surface area contributed by atoms with Crippen molar-refractivity contribution >= 4 is 11.6 Å². The quantitative estimate of drug-likeness (QED) is 0.461. The predicted molar refractivity (Wildman–Crippen MR) is 129 cm³/mol. The maximum Gasteiger partial charge on any atom is 0.253 e. The number of anilines is 1. The number of nitrogens with zero attached hydrogens (tertiary/aromatic N) is 1. The van der Waals surface area contributed by atoms with Gasteiger partial charge in [0.05, 0.1) is 6.04 Å². The van der Waals surface area contributed by atoms with Gasteiger partial charge in [-0.2, -0.15) is 0 Å². The van der Waals surface area contributed by atoms with E-state index in [1.54, 1.807) is 14.1 Å². The normalized spacial score (nSPS) is 13.6. The van der Waals surface area contributed by atoms with Gasteiger partial charge in [-0.1, -0.05) is 45.4 Å². The Morgan fingerprint density at radius 2 is 1.72 bits per heavy atom. The van der Waals surface area contributed by atoms with Crippen molar-refractivity contribution in [1.82, 2.24) is 10.2 Å². The van der Waals surface area contributed by atoms with Gasteiger partial charge in [0.25, 0.3) is 5.91 Å². The Morgan fingerprint density at radius 3 is 2.25 bits per heavy atom. The Kier molecular flexibility index (Phi) is 11.0. The first-order chi connectivity index (χ1) is 15.3. The topological polar surface area (TPSA) is 84.4 Å². The molecule has 0 spiro atoms. The molecule has 1 aliphatic heterocycles. The molecule has 0 saturated carbocycles. The summed E-state index contributed by atoms with van der Waals surface area (Å²) in [6.45, 7) is 9.48. The first-order valence-corrected chi connectivity index (χ1v) is 11.0. The van der Waals surface area contributed by atoms with Crippen LogP contribution in [-0.2, 0) is 0 Å². The number of hydrogen-bond acceptors (Lipinski definition) is 4. The lowest BCUT2D eigenvalue weighted by Crippen LogP contribution is -2.26. The van der Waals surface area contributed by atoms with Crippen molar-refractivity contribution in [2.24, 2.45) is 5.73 Å². The standard InChI is InChI=1S/C21H24F2N4O.2C2H6/c1-27(2)21(28)13-3-4-15(18(23)9-13)16-10-14(22)11-17(20(16)25)19(24)12-5-7-26-8-6-12;2*1-2/h3-5,9-11,19,26H,6-8,24-25H2,1-2H3;2*1-2H3. The number of amides is 1. The van der Waals surface area contributed by atoms with Gasteiger partial charge in [0.2, 0.25) is 0 Å². The van der Waals surface area contributed by atoms with Crippen molar-refractivity contribution in [2.75, 3.05) is 32.9 Å². The molecule has 5 nitrogen and oxygen atoms in total. The number of nitrogens with two attached hydrogens (primary N) is 2. The highest BCUT2D eigenvalue weighted by atomic mass is 19.1. The molecule has 1 aliphatic rings. The summed E-state index contributed by atoms with van der Waals surface area (Å²) < 4.78 is 29.1. The first kappa shape index (κ1) is 27.3. The van der Waals surface area contributed by atoms with E-state index in [0.29, 0.717) is 12.1 Å². The predicted octanol–water partition coefficient (Wildman–Crippen LogP) is 4.89. The van der Waals surface area contributed by atoms with Crippen LogP contribution < -0.4 is 16.8 Å². The fraction of sp³-hybridized carbons (Fsp3) is 0.400. The lowest BCUT2D eigenvalue weighted by molar-refractivity contribution is 0.0827. The SMILES string of the molecule is CC.CC.CN(C)C(=O)c1ccc(-c2cc(F)cc(C(N)C3=CCNCC3)c2N)c(F)c1. The molecule has 0 fully saturated rings. The highest BCUT2D eigenvalue weighted by molar-refractivity contribution is 5.94. The molecule has 0 saturated heterocycles. The number of hydrogen-bond donors (Lipinski definition) is 3. The third kappa shape index (κ3) is 6.37. The van der Waals surface area contributed by atoms with E-state index in [4.69, 9.17) is 11.5 Å². The molecule has 1 unspecified atom stereocenters. The van der Waals surface area contributed by atoms with Gasteiger partial charge in [0, 0.05) is 43.0 Å². The summed E-state index contributed by atoms with van der Waals surface area (Å²) in [6, 6.07) is 6.00. The van der Waals surface area contributed by atoms with Crippen molar-refractivity contribution < 1.29 is 13.6 Å². The molecule has 2 aromatic carbocycles. The van der Waals surface area contributed by atoms with E-state index in [0.717, 1.165) is 24.6 Å². The Labute approximate surface area is 190 Å². The van der Waals surface area contributed by atoms with E-state index < -0.39 is 17.7 Å². The Balaban J connectivity index is 0.00000121. The zero-order chi connectivity index (χ0) is 24.4. The summed E-state index contributed by atoms with van der Waals surface area (Å²) in [5, 5.41) is 3.20. The van der Waals surface area contributed by atoms with E-state index in [1.807, 2.05) is 33.8 Å². The highest BCUT2D eigenvalue weighted by Gasteiger charge is 2.21. The summed E-state index contributed by atoms with van der Waals surface area (Å²) in [7, 11) is 3.17. The van der Waals surface area contributed by atoms with Crippen LogP contribution in [0.1, 0.15) is 56.1 Å². The molecule has 1 heterocycles. The highest BCUT2D eigenvalue weighted by Crippen LogP contribution is 2.36. The van der Waals surface area contributed by atoms with E-state index in [-0.39, 0.29) is 28.3 Å². The maximum absolute atomic E-state index is 14.8. The number of halogens is 2. The second-order valence-corrected chi connectivity index (χ2v) is 7.06. The zero-order valence-electron chi connectivity index (χ0n) is 19.9. The first-order valence-electron chi connectivity index (χ1n) is 11.0. The van der Waals surface area contributed by atoms with Gasteiger partial charge in [0.15, 0.2) is 0 Å². The van der Waals surface area contributed by atoms with E-state index in [9.17, 15) is 13.6 Å². The van der Waals surface area contributed by atoms with Crippen LogP contribution in [0.2, 0.25) is 0 Å². The summed E-state index contributed by atoms with van der Waals surface area (Å²) in [5.41, 5.74) is 14.8. The number of carbonyl (C=O) groups excluding carboxylic acids is 1. The molecular weight excluding hydrogens is 410 g/mol. The molecule has 32 heavy (non-hydrogen) atoms. The molecular formula is C25H36F2N4O. The van der Waals surface area contributed by atoms with Crippen LogP contribution in [-0.4, -0.2) is 38.0 Å². The minimum absolute atomic E-state index is 0.125. The number of rotatable bonds is 4. The lowest BCUT2D eigenvalue weighted by Gasteiger charge is -2.23. The number of nitrogen functional groups attached to an aromatic ring is 1. The van der Waals surface area contributed by atoms with E-state index in [1.165, 1.54) is 29.2 Å². The Bertz CT molecular complexity index is 942. The van der Waals surface area contributed by atoms with Crippen LogP contribution in [0.5, 0.6) is 0 Å². The molecule has 176 valence electrons. The van der Waals surface area contributed by atoms with Crippen LogP contribution >= 0.6 is 0 Å². The lowest BCUT2D eigenvalue weighted by atomic mass is 9.90. The number of nitrogens with one attached hydrogen (secondary N) is 1. The smallest absolute Gasteiger partial charge is 0.253 e. The van der Waals surface area contributed by atoms with Crippen LogP contribution in [0.15, 0.2) is 42.0 Å². The van der Waals surface area contributed by atoms with Gasteiger partial charge in [-0.3, -0.25) is 4.79 Å². The van der Waals surface area contributed by atoms with Crippen molar-refractivity contribution in [2.45, 2.75) is 40.2 Å². The van der Waals surface area contributed by atoms with Gasteiger partial charge < -0.3 is 21.7 Å². The molecule has 7 heteroatoms. The molecule has 0 aromatic heterocycles. The average molecular weight is 447 g/mol. The monoisotopic (exact) mass is 446 g/mol. The number of benzene rings is 2. The molecule has 0 radical (unpaired) electrons. The van der Waals surface area contributed by atoms with Crippen LogP contribution in [0, 0.1) is 11.6 Å². The summed E-state index contributed by atoms with van der Waals surface area (Å²) in [4.78, 5) is 13.4. The minimum atomic E-state index is -0.648. The second kappa shape index (κ2) is 12.9. The van der Waals surface area contributed by atoms with Gasteiger partial charge in [-0.15, -0.1) is 0 Å². The second-order valence-electron chi connectivity index (χ2n) is 7.06. The molecule has 2 aromatic rings. The van der Waals surface area contributed by atoms with E-state index in [2.05, 4.69) is 5.32 Å².